The molecule has 2 aromatic rings. The summed E-state index contributed by atoms with van der Waals surface area (Å²) in [5.74, 6) is 0.643. The summed E-state index contributed by atoms with van der Waals surface area (Å²) in [6.45, 7) is 0. The van der Waals surface area contributed by atoms with Crippen LogP contribution in [0.2, 0.25) is 5.15 Å². The van der Waals surface area contributed by atoms with Gasteiger partial charge in [-0.3, -0.25) is 10.1 Å². The van der Waals surface area contributed by atoms with Crippen molar-refractivity contribution >= 4 is 44.5 Å². The number of fused-ring (bicyclic) bond motifs is 1. The van der Waals surface area contributed by atoms with Crippen molar-refractivity contribution in [2.75, 3.05) is 7.11 Å². The Hall–Kier alpha value is -1.66. The molecular weight excluding hydrogens is 335 g/mol. The molecule has 1 aromatic carbocycles. The Kier molecular flexibility index (Phi) is 4.01. The lowest BCUT2D eigenvalue weighted by molar-refractivity contribution is -0.400. The van der Waals surface area contributed by atoms with Crippen LogP contribution in [-0.2, 0) is 0 Å². The van der Waals surface area contributed by atoms with Gasteiger partial charge in [0.15, 0.2) is 0 Å². The molecule has 0 N–H and O–H groups in total. The zero-order valence-corrected chi connectivity index (χ0v) is 12.1. The van der Waals surface area contributed by atoms with Crippen molar-refractivity contribution in [1.82, 2.24) is 4.98 Å². The van der Waals surface area contributed by atoms with Gasteiger partial charge in [0, 0.05) is 17.0 Å². The second-order valence-electron chi connectivity index (χ2n) is 3.62. The highest BCUT2D eigenvalue weighted by Crippen LogP contribution is 2.33. The molecule has 2 rings (SSSR count). The van der Waals surface area contributed by atoms with E-state index in [4.69, 9.17) is 16.3 Å². The van der Waals surface area contributed by atoms with Gasteiger partial charge in [-0.25, -0.2) is 4.98 Å². The van der Waals surface area contributed by atoms with Crippen LogP contribution in [0.15, 0.2) is 28.9 Å². The van der Waals surface area contributed by atoms with E-state index in [0.29, 0.717) is 21.3 Å². The predicted molar refractivity (Wildman–Crippen MR) is 77.0 cm³/mol. The van der Waals surface area contributed by atoms with Gasteiger partial charge < -0.3 is 4.74 Å². The van der Waals surface area contributed by atoms with Gasteiger partial charge in [-0.2, -0.15) is 0 Å². The molecule has 0 unspecified atom stereocenters. The van der Waals surface area contributed by atoms with Crippen molar-refractivity contribution in [3.63, 3.8) is 0 Å². The molecule has 0 fully saturated rings. The molecule has 1 heterocycles. The molecule has 98 valence electrons. The Morgan fingerprint density at radius 3 is 2.89 bits per heavy atom. The number of nitro groups is 1. The van der Waals surface area contributed by atoms with E-state index < -0.39 is 4.92 Å². The molecule has 0 spiro atoms. The van der Waals surface area contributed by atoms with Gasteiger partial charge in [0.1, 0.15) is 10.9 Å². The fourth-order valence-electron chi connectivity index (χ4n) is 1.60. The Bertz CT molecular complexity index is 688. The minimum Gasteiger partial charge on any atom is -0.495 e. The van der Waals surface area contributed by atoms with Crippen LogP contribution in [0, 0.1) is 10.1 Å². The maximum absolute atomic E-state index is 10.3. The highest BCUT2D eigenvalue weighted by molar-refractivity contribution is 9.10. The summed E-state index contributed by atoms with van der Waals surface area (Å²) in [5, 5.41) is 11.3. The molecule has 19 heavy (non-hydrogen) atoms. The van der Waals surface area contributed by atoms with E-state index in [0.717, 1.165) is 11.6 Å². The normalized spacial score (nSPS) is 11.1. The summed E-state index contributed by atoms with van der Waals surface area (Å²) in [6.07, 6.45) is 2.14. The van der Waals surface area contributed by atoms with Crippen LogP contribution in [0.5, 0.6) is 5.75 Å². The Labute approximate surface area is 122 Å². The minimum atomic E-state index is -0.551. The topological polar surface area (TPSA) is 65.3 Å². The molecule has 0 aliphatic heterocycles. The smallest absolute Gasteiger partial charge is 0.235 e. The summed E-state index contributed by atoms with van der Waals surface area (Å²) >= 11 is 9.40. The first-order valence-electron chi connectivity index (χ1n) is 5.17. The fourth-order valence-corrected chi connectivity index (χ4v) is 2.41. The minimum absolute atomic E-state index is 0.194. The fraction of sp³-hybridized carbons (Fsp3) is 0.0833. The molecule has 0 saturated heterocycles. The van der Waals surface area contributed by atoms with Crippen LogP contribution in [0.25, 0.3) is 17.0 Å². The van der Waals surface area contributed by atoms with Gasteiger partial charge in [0.05, 0.1) is 22.0 Å². The molecule has 0 radical (unpaired) electrons. The molecule has 0 aliphatic carbocycles. The molecule has 0 amide bonds. The van der Waals surface area contributed by atoms with E-state index in [-0.39, 0.29) is 5.15 Å². The quantitative estimate of drug-likeness (QED) is 0.481. The van der Waals surface area contributed by atoms with Crippen LogP contribution in [0.3, 0.4) is 0 Å². The number of benzene rings is 1. The monoisotopic (exact) mass is 342 g/mol. The van der Waals surface area contributed by atoms with Crippen molar-refractivity contribution in [3.8, 4) is 5.75 Å². The summed E-state index contributed by atoms with van der Waals surface area (Å²) in [4.78, 5) is 14.0. The van der Waals surface area contributed by atoms with Gasteiger partial charge in [0.2, 0.25) is 6.20 Å². The van der Waals surface area contributed by atoms with Crippen molar-refractivity contribution in [2.24, 2.45) is 0 Å². The van der Waals surface area contributed by atoms with Gasteiger partial charge in [0.25, 0.3) is 0 Å². The Morgan fingerprint density at radius 1 is 1.53 bits per heavy atom. The second kappa shape index (κ2) is 5.54. The van der Waals surface area contributed by atoms with E-state index in [9.17, 15) is 10.1 Å². The lowest BCUT2D eigenvalue weighted by atomic mass is 10.1. The van der Waals surface area contributed by atoms with E-state index in [1.807, 2.05) is 6.07 Å². The summed E-state index contributed by atoms with van der Waals surface area (Å²) in [7, 11) is 1.56. The number of pyridine rings is 1. The van der Waals surface area contributed by atoms with E-state index in [1.165, 1.54) is 6.08 Å². The molecule has 0 bridgehead atoms. The van der Waals surface area contributed by atoms with Gasteiger partial charge in [-0.1, -0.05) is 11.6 Å². The highest BCUT2D eigenvalue weighted by atomic mass is 79.9. The first kappa shape index (κ1) is 13.8. The Morgan fingerprint density at radius 2 is 2.26 bits per heavy atom. The second-order valence-corrected chi connectivity index (χ2v) is 4.77. The van der Waals surface area contributed by atoms with Crippen molar-refractivity contribution in [1.29, 1.82) is 0 Å². The van der Waals surface area contributed by atoms with Crippen LogP contribution >= 0.6 is 27.5 Å². The van der Waals surface area contributed by atoms with Crippen LogP contribution in [-0.4, -0.2) is 17.0 Å². The third-order valence-corrected chi connectivity index (χ3v) is 3.54. The number of methoxy groups -OCH3 is 1. The molecule has 1 aromatic heterocycles. The third kappa shape index (κ3) is 2.85. The van der Waals surface area contributed by atoms with Crippen molar-refractivity contribution in [2.45, 2.75) is 0 Å². The van der Waals surface area contributed by atoms with Gasteiger partial charge in [-0.05, 0) is 34.1 Å². The molecular formula is C12H8BrClN2O3. The average Bonchev–Trinajstić information content (AvgIpc) is 2.37. The summed E-state index contributed by atoms with van der Waals surface area (Å²) < 4.78 is 5.86. The number of nitrogens with zero attached hydrogens (tertiary/aromatic N) is 2. The van der Waals surface area contributed by atoms with Crippen molar-refractivity contribution in [3.05, 3.63) is 49.7 Å². The average molecular weight is 344 g/mol. The first-order chi connectivity index (χ1) is 9.02. The lowest BCUT2D eigenvalue weighted by Crippen LogP contribution is -1.90. The van der Waals surface area contributed by atoms with E-state index in [2.05, 4.69) is 20.9 Å². The number of ether oxygens (including phenoxy) is 1. The molecule has 0 atom stereocenters. The number of rotatable bonds is 3. The zero-order valence-electron chi connectivity index (χ0n) is 9.76. The van der Waals surface area contributed by atoms with Crippen molar-refractivity contribution < 1.29 is 9.66 Å². The zero-order chi connectivity index (χ0) is 14.0. The summed E-state index contributed by atoms with van der Waals surface area (Å²) in [5.41, 5.74) is 1.13. The van der Waals surface area contributed by atoms with E-state index in [1.54, 1.807) is 19.2 Å². The predicted octanol–water partition coefficient (Wildman–Crippen LogP) is 3.91. The maximum atomic E-state index is 10.3. The van der Waals surface area contributed by atoms with Crippen LogP contribution in [0.1, 0.15) is 5.56 Å². The van der Waals surface area contributed by atoms with Crippen LogP contribution < -0.4 is 4.74 Å². The lowest BCUT2D eigenvalue weighted by Gasteiger charge is -2.07. The maximum Gasteiger partial charge on any atom is 0.235 e. The van der Waals surface area contributed by atoms with Gasteiger partial charge >= 0.3 is 0 Å². The Balaban J connectivity index is 2.61. The standard InChI is InChI=1S/C12H8BrClN2O3/c1-19-9-3-2-7-6-8(4-5-16(17)18)12(14)15-11(7)10(9)13/h2-6H,1H3. The number of hydrogen-bond donors (Lipinski definition) is 0. The molecule has 7 heteroatoms. The van der Waals surface area contributed by atoms with E-state index >= 15 is 0 Å². The molecule has 0 aliphatic rings. The third-order valence-electron chi connectivity index (χ3n) is 2.47. The first-order valence-corrected chi connectivity index (χ1v) is 6.34. The molecule has 5 nitrogen and oxygen atoms in total. The number of aromatic nitrogens is 1. The van der Waals surface area contributed by atoms with Crippen LogP contribution in [0.4, 0.5) is 0 Å². The highest BCUT2D eigenvalue weighted by Gasteiger charge is 2.10. The summed E-state index contributed by atoms with van der Waals surface area (Å²) in [6, 6.07) is 5.32. The van der Waals surface area contributed by atoms with Gasteiger partial charge in [-0.15, -0.1) is 0 Å². The molecule has 0 saturated carbocycles. The SMILES string of the molecule is COc1ccc2cc(C=C[N+](=O)[O-])c(Cl)nc2c1Br. The number of hydrogen-bond acceptors (Lipinski definition) is 4. The largest absolute Gasteiger partial charge is 0.495 e. The number of halogens is 2.